The van der Waals surface area contributed by atoms with Crippen LogP contribution in [-0.4, -0.2) is 60.6 Å². The number of rotatable bonds is 2. The number of amides is 3. The Kier molecular flexibility index (Phi) is 5.27. The number of piperazine rings is 1. The van der Waals surface area contributed by atoms with Crippen molar-refractivity contribution in [2.75, 3.05) is 38.1 Å². The summed E-state index contributed by atoms with van der Waals surface area (Å²) < 4.78 is 5.47. The molecule has 1 aromatic rings. The number of hydrogen-bond acceptors (Lipinski definition) is 3. The van der Waals surface area contributed by atoms with Crippen LogP contribution >= 0.6 is 0 Å². The summed E-state index contributed by atoms with van der Waals surface area (Å²) in [6.45, 7) is 9.02. The van der Waals surface area contributed by atoms with E-state index in [2.05, 4.69) is 18.3 Å². The fourth-order valence-electron chi connectivity index (χ4n) is 3.40. The zero-order valence-corrected chi connectivity index (χ0v) is 15.3. The first-order chi connectivity index (χ1) is 12.0. The molecule has 2 aliphatic heterocycles. The first kappa shape index (κ1) is 17.7. The summed E-state index contributed by atoms with van der Waals surface area (Å²) in [5.74, 6) is 0.0718. The van der Waals surface area contributed by atoms with Gasteiger partial charge in [0.1, 0.15) is 6.10 Å². The number of urea groups is 1. The van der Waals surface area contributed by atoms with Crippen LogP contribution in [0.25, 0.3) is 0 Å². The molecule has 6 nitrogen and oxygen atoms in total. The van der Waals surface area contributed by atoms with Crippen molar-refractivity contribution < 1.29 is 14.3 Å². The normalized spacial score (nSPS) is 20.7. The number of nitrogens with one attached hydrogen (secondary N) is 1. The van der Waals surface area contributed by atoms with Crippen molar-refractivity contribution in [2.45, 2.75) is 39.7 Å². The van der Waals surface area contributed by atoms with Crippen molar-refractivity contribution >= 4 is 17.6 Å². The summed E-state index contributed by atoms with van der Waals surface area (Å²) in [5, 5.41) is 3.01. The van der Waals surface area contributed by atoms with Crippen molar-refractivity contribution in [2.24, 2.45) is 0 Å². The lowest BCUT2D eigenvalue weighted by molar-refractivity contribution is -0.142. The summed E-state index contributed by atoms with van der Waals surface area (Å²) in [5.41, 5.74) is 4.29. The van der Waals surface area contributed by atoms with Crippen molar-refractivity contribution in [1.29, 1.82) is 0 Å². The van der Waals surface area contributed by atoms with Crippen LogP contribution in [-0.2, 0) is 9.53 Å². The second-order valence-electron chi connectivity index (χ2n) is 7.00. The first-order valence-electron chi connectivity index (χ1n) is 9.00. The molecule has 25 heavy (non-hydrogen) atoms. The maximum absolute atomic E-state index is 12.5. The van der Waals surface area contributed by atoms with Crippen LogP contribution in [0.5, 0.6) is 0 Å². The maximum Gasteiger partial charge on any atom is 0.321 e. The largest absolute Gasteiger partial charge is 0.368 e. The molecule has 1 N–H and O–H groups in total. The monoisotopic (exact) mass is 345 g/mol. The van der Waals surface area contributed by atoms with Crippen LogP contribution in [0.3, 0.4) is 0 Å². The highest BCUT2D eigenvalue weighted by atomic mass is 16.5. The summed E-state index contributed by atoms with van der Waals surface area (Å²) in [6, 6.07) is 4.00. The highest BCUT2D eigenvalue weighted by molar-refractivity contribution is 5.90. The maximum atomic E-state index is 12.5. The molecule has 2 fully saturated rings. The molecular formula is C19H27N3O3. The Morgan fingerprint density at radius 3 is 2.28 bits per heavy atom. The van der Waals surface area contributed by atoms with E-state index in [0.29, 0.717) is 32.8 Å². The van der Waals surface area contributed by atoms with E-state index in [1.807, 2.05) is 24.8 Å². The van der Waals surface area contributed by atoms with Gasteiger partial charge in [0.05, 0.1) is 0 Å². The van der Waals surface area contributed by atoms with Crippen LogP contribution < -0.4 is 5.32 Å². The molecule has 6 heteroatoms. The van der Waals surface area contributed by atoms with Gasteiger partial charge in [-0.15, -0.1) is 0 Å². The molecule has 0 bridgehead atoms. The van der Waals surface area contributed by atoms with E-state index in [1.165, 1.54) is 5.56 Å². The van der Waals surface area contributed by atoms with Crippen LogP contribution in [0.15, 0.2) is 12.1 Å². The third-order valence-corrected chi connectivity index (χ3v) is 5.17. The van der Waals surface area contributed by atoms with E-state index in [-0.39, 0.29) is 18.0 Å². The second-order valence-corrected chi connectivity index (χ2v) is 7.00. The lowest BCUT2D eigenvalue weighted by Gasteiger charge is -2.35. The third kappa shape index (κ3) is 3.95. The quantitative estimate of drug-likeness (QED) is 0.896. The number of ether oxygens (including phenoxy) is 1. The van der Waals surface area contributed by atoms with Crippen LogP contribution in [0, 0.1) is 20.8 Å². The SMILES string of the molecule is Cc1cc(C)c(NC(=O)N2CCN(C(=O)C3CCCO3)CC2)cc1C. The molecule has 136 valence electrons. The molecule has 0 aromatic heterocycles. The number of carbonyl (C=O) groups is 2. The van der Waals surface area contributed by atoms with Gasteiger partial charge in [-0.2, -0.15) is 0 Å². The van der Waals surface area contributed by atoms with Gasteiger partial charge in [0.25, 0.3) is 5.91 Å². The molecule has 2 saturated heterocycles. The smallest absolute Gasteiger partial charge is 0.321 e. The predicted octanol–water partition coefficient (Wildman–Crippen LogP) is 2.47. The van der Waals surface area contributed by atoms with E-state index in [0.717, 1.165) is 29.7 Å². The number of carbonyl (C=O) groups excluding carboxylic acids is 2. The van der Waals surface area contributed by atoms with Gasteiger partial charge in [-0.05, 0) is 56.4 Å². The Morgan fingerprint density at radius 2 is 1.64 bits per heavy atom. The van der Waals surface area contributed by atoms with Crippen LogP contribution in [0.1, 0.15) is 29.5 Å². The van der Waals surface area contributed by atoms with Gasteiger partial charge >= 0.3 is 6.03 Å². The third-order valence-electron chi connectivity index (χ3n) is 5.17. The zero-order valence-electron chi connectivity index (χ0n) is 15.3. The fraction of sp³-hybridized carbons (Fsp3) is 0.579. The molecule has 3 rings (SSSR count). The summed E-state index contributed by atoms with van der Waals surface area (Å²) in [4.78, 5) is 28.5. The highest BCUT2D eigenvalue weighted by Gasteiger charge is 2.31. The number of nitrogens with zero attached hydrogens (tertiary/aromatic N) is 2. The van der Waals surface area contributed by atoms with Gasteiger partial charge < -0.3 is 19.9 Å². The average molecular weight is 345 g/mol. The molecule has 1 unspecified atom stereocenters. The van der Waals surface area contributed by atoms with Gasteiger partial charge in [0.15, 0.2) is 0 Å². The topological polar surface area (TPSA) is 61.9 Å². The predicted molar refractivity (Wildman–Crippen MR) is 96.8 cm³/mol. The Bertz CT molecular complexity index is 660. The summed E-state index contributed by atoms with van der Waals surface area (Å²) in [7, 11) is 0. The number of hydrogen-bond donors (Lipinski definition) is 1. The lowest BCUT2D eigenvalue weighted by atomic mass is 10.1. The van der Waals surface area contributed by atoms with Gasteiger partial charge in [0, 0.05) is 38.5 Å². The molecule has 1 aromatic carbocycles. The van der Waals surface area contributed by atoms with E-state index in [9.17, 15) is 9.59 Å². The lowest BCUT2D eigenvalue weighted by Crippen LogP contribution is -2.53. The number of anilines is 1. The molecule has 2 heterocycles. The van der Waals surface area contributed by atoms with E-state index in [4.69, 9.17) is 4.74 Å². The minimum Gasteiger partial charge on any atom is -0.368 e. The minimum absolute atomic E-state index is 0.0718. The van der Waals surface area contributed by atoms with Gasteiger partial charge in [-0.3, -0.25) is 4.79 Å². The molecule has 2 aliphatic rings. The molecular weight excluding hydrogens is 318 g/mol. The molecule has 0 radical (unpaired) electrons. The Balaban J connectivity index is 1.55. The van der Waals surface area contributed by atoms with Gasteiger partial charge in [-0.1, -0.05) is 6.07 Å². The molecule has 1 atom stereocenters. The molecule has 0 saturated carbocycles. The fourth-order valence-corrected chi connectivity index (χ4v) is 3.40. The highest BCUT2D eigenvalue weighted by Crippen LogP contribution is 2.21. The van der Waals surface area contributed by atoms with E-state index in [1.54, 1.807) is 4.90 Å². The van der Waals surface area contributed by atoms with E-state index < -0.39 is 0 Å². The van der Waals surface area contributed by atoms with Crippen LogP contribution in [0.2, 0.25) is 0 Å². The van der Waals surface area contributed by atoms with Crippen LogP contribution in [0.4, 0.5) is 10.5 Å². The van der Waals surface area contributed by atoms with Crippen molar-refractivity contribution in [3.8, 4) is 0 Å². The Labute approximate surface area is 149 Å². The molecule has 0 aliphatic carbocycles. The zero-order chi connectivity index (χ0) is 18.0. The molecule has 3 amide bonds. The Hall–Kier alpha value is -2.08. The standard InChI is InChI=1S/C19H27N3O3/c1-13-11-15(3)16(12-14(13)2)20-19(24)22-8-6-21(7-9-22)18(23)17-5-4-10-25-17/h11-12,17H,4-10H2,1-3H3,(H,20,24). The number of benzene rings is 1. The summed E-state index contributed by atoms with van der Waals surface area (Å²) in [6.07, 6.45) is 1.48. The van der Waals surface area contributed by atoms with Crippen molar-refractivity contribution in [1.82, 2.24) is 9.80 Å². The van der Waals surface area contributed by atoms with Crippen molar-refractivity contribution in [3.63, 3.8) is 0 Å². The molecule has 0 spiro atoms. The van der Waals surface area contributed by atoms with Gasteiger partial charge in [0.2, 0.25) is 0 Å². The second kappa shape index (κ2) is 7.44. The van der Waals surface area contributed by atoms with E-state index >= 15 is 0 Å². The van der Waals surface area contributed by atoms with Gasteiger partial charge in [-0.25, -0.2) is 4.79 Å². The number of aryl methyl sites for hydroxylation is 3. The Morgan fingerprint density at radius 1 is 1.00 bits per heavy atom. The first-order valence-corrected chi connectivity index (χ1v) is 9.00. The van der Waals surface area contributed by atoms with Crippen molar-refractivity contribution in [3.05, 3.63) is 28.8 Å². The summed E-state index contributed by atoms with van der Waals surface area (Å²) >= 11 is 0. The average Bonchev–Trinajstić information content (AvgIpc) is 3.13. The minimum atomic E-state index is -0.279.